The first-order chi connectivity index (χ1) is 6.63. The molecule has 5 nitrogen and oxygen atoms in total. The van der Waals surface area contributed by atoms with Crippen molar-refractivity contribution in [2.45, 2.75) is 25.8 Å². The molecule has 1 saturated heterocycles. The second-order valence-electron chi connectivity index (χ2n) is 3.69. The first-order valence-electron chi connectivity index (χ1n) is 4.90. The Hall–Kier alpha value is -1.10. The summed E-state index contributed by atoms with van der Waals surface area (Å²) < 4.78 is 0. The SMILES string of the molecule is C[C@H](CN)NC(=O)C1CCNC(=O)C1. The summed E-state index contributed by atoms with van der Waals surface area (Å²) in [7, 11) is 0. The van der Waals surface area contributed by atoms with E-state index in [0.717, 1.165) is 6.42 Å². The van der Waals surface area contributed by atoms with Gasteiger partial charge in [0.1, 0.15) is 0 Å². The van der Waals surface area contributed by atoms with Crippen molar-refractivity contribution in [1.82, 2.24) is 10.6 Å². The van der Waals surface area contributed by atoms with Gasteiger partial charge in [-0.25, -0.2) is 0 Å². The molecule has 1 aliphatic heterocycles. The third kappa shape index (κ3) is 2.99. The Balaban J connectivity index is 2.39. The van der Waals surface area contributed by atoms with Crippen molar-refractivity contribution >= 4 is 11.8 Å². The van der Waals surface area contributed by atoms with Crippen molar-refractivity contribution in [3.63, 3.8) is 0 Å². The van der Waals surface area contributed by atoms with E-state index in [-0.39, 0.29) is 23.8 Å². The summed E-state index contributed by atoms with van der Waals surface area (Å²) in [5.74, 6) is -0.285. The summed E-state index contributed by atoms with van der Waals surface area (Å²) in [6, 6.07) is -0.0208. The van der Waals surface area contributed by atoms with Gasteiger partial charge in [0.05, 0.1) is 0 Å². The fourth-order valence-electron chi connectivity index (χ4n) is 1.43. The first-order valence-corrected chi connectivity index (χ1v) is 4.90. The van der Waals surface area contributed by atoms with E-state index in [2.05, 4.69) is 10.6 Å². The Bertz CT molecular complexity index is 230. The predicted octanol–water partition coefficient (Wildman–Crippen LogP) is -1.02. The van der Waals surface area contributed by atoms with Crippen molar-refractivity contribution in [2.75, 3.05) is 13.1 Å². The molecule has 1 unspecified atom stereocenters. The number of nitrogens with two attached hydrogens (primary N) is 1. The molecule has 0 saturated carbocycles. The molecule has 1 rings (SSSR count). The normalized spacial score (nSPS) is 23.9. The molecule has 1 fully saturated rings. The average Bonchev–Trinajstić information content (AvgIpc) is 2.17. The van der Waals surface area contributed by atoms with E-state index in [1.54, 1.807) is 0 Å². The van der Waals surface area contributed by atoms with Gasteiger partial charge in [0.15, 0.2) is 0 Å². The lowest BCUT2D eigenvalue weighted by molar-refractivity contribution is -0.132. The Morgan fingerprint density at radius 2 is 2.50 bits per heavy atom. The standard InChI is InChI=1S/C9H17N3O2/c1-6(5-10)12-9(14)7-2-3-11-8(13)4-7/h6-7H,2-5,10H2,1H3,(H,11,13)(H,12,14)/t6-,7?/m1/s1. The molecule has 0 aromatic heterocycles. The van der Waals surface area contributed by atoms with Gasteiger partial charge in [0.2, 0.25) is 11.8 Å². The highest BCUT2D eigenvalue weighted by molar-refractivity contribution is 5.86. The second kappa shape index (κ2) is 4.95. The Morgan fingerprint density at radius 1 is 1.79 bits per heavy atom. The van der Waals surface area contributed by atoms with Crippen LogP contribution in [0.5, 0.6) is 0 Å². The lowest BCUT2D eigenvalue weighted by Crippen LogP contribution is -2.45. The molecule has 0 aromatic carbocycles. The van der Waals surface area contributed by atoms with E-state index in [1.165, 1.54) is 0 Å². The van der Waals surface area contributed by atoms with Crippen LogP contribution in [0.1, 0.15) is 19.8 Å². The van der Waals surface area contributed by atoms with Crippen molar-refractivity contribution in [3.05, 3.63) is 0 Å². The summed E-state index contributed by atoms with van der Waals surface area (Å²) in [5, 5.41) is 5.47. The fraction of sp³-hybridized carbons (Fsp3) is 0.778. The van der Waals surface area contributed by atoms with Crippen LogP contribution < -0.4 is 16.4 Å². The van der Waals surface area contributed by atoms with Crippen LogP contribution >= 0.6 is 0 Å². The summed E-state index contributed by atoms with van der Waals surface area (Å²) in [6.07, 6.45) is 1.01. The Labute approximate surface area is 83.4 Å². The minimum absolute atomic E-state index is 0.0208. The van der Waals surface area contributed by atoms with Gasteiger partial charge in [-0.1, -0.05) is 0 Å². The molecule has 0 spiro atoms. The van der Waals surface area contributed by atoms with Gasteiger partial charge in [-0.3, -0.25) is 9.59 Å². The van der Waals surface area contributed by atoms with Gasteiger partial charge < -0.3 is 16.4 Å². The molecule has 2 atom stereocenters. The maximum Gasteiger partial charge on any atom is 0.223 e. The third-order valence-electron chi connectivity index (χ3n) is 2.36. The summed E-state index contributed by atoms with van der Waals surface area (Å²) in [6.45, 7) is 2.86. The summed E-state index contributed by atoms with van der Waals surface area (Å²) >= 11 is 0. The maximum atomic E-state index is 11.6. The third-order valence-corrected chi connectivity index (χ3v) is 2.36. The molecule has 80 valence electrons. The lowest BCUT2D eigenvalue weighted by Gasteiger charge is -2.22. The highest BCUT2D eigenvalue weighted by Crippen LogP contribution is 2.12. The van der Waals surface area contributed by atoms with E-state index in [0.29, 0.717) is 19.5 Å². The minimum Gasteiger partial charge on any atom is -0.356 e. The van der Waals surface area contributed by atoms with Crippen molar-refractivity contribution in [1.29, 1.82) is 0 Å². The molecule has 0 aliphatic carbocycles. The zero-order valence-corrected chi connectivity index (χ0v) is 8.38. The number of rotatable bonds is 3. The highest BCUT2D eigenvalue weighted by Gasteiger charge is 2.25. The minimum atomic E-state index is -0.183. The molecule has 0 radical (unpaired) electrons. The number of amides is 2. The number of nitrogens with one attached hydrogen (secondary N) is 2. The van der Waals surface area contributed by atoms with Crippen LogP contribution in [-0.2, 0) is 9.59 Å². The van der Waals surface area contributed by atoms with Crippen molar-refractivity contribution in [3.8, 4) is 0 Å². The van der Waals surface area contributed by atoms with Gasteiger partial charge in [-0.15, -0.1) is 0 Å². The number of carbonyl (C=O) groups excluding carboxylic acids is 2. The zero-order chi connectivity index (χ0) is 10.6. The van der Waals surface area contributed by atoms with E-state index < -0.39 is 0 Å². The van der Waals surface area contributed by atoms with E-state index in [4.69, 9.17) is 5.73 Å². The molecule has 0 aromatic rings. The maximum absolute atomic E-state index is 11.6. The molecule has 1 aliphatic rings. The number of hydrogen-bond donors (Lipinski definition) is 3. The number of hydrogen-bond acceptors (Lipinski definition) is 3. The quantitative estimate of drug-likeness (QED) is 0.543. The topological polar surface area (TPSA) is 84.2 Å². The van der Waals surface area contributed by atoms with Crippen LogP contribution in [0.25, 0.3) is 0 Å². The molecule has 4 N–H and O–H groups in total. The average molecular weight is 199 g/mol. The van der Waals surface area contributed by atoms with Crippen LogP contribution in [0.15, 0.2) is 0 Å². The van der Waals surface area contributed by atoms with Crippen LogP contribution in [-0.4, -0.2) is 30.9 Å². The van der Waals surface area contributed by atoms with Crippen LogP contribution in [0.3, 0.4) is 0 Å². The van der Waals surface area contributed by atoms with E-state index in [9.17, 15) is 9.59 Å². The predicted molar refractivity (Wildman–Crippen MR) is 52.4 cm³/mol. The molecule has 0 bridgehead atoms. The van der Waals surface area contributed by atoms with Gasteiger partial charge in [-0.2, -0.15) is 0 Å². The zero-order valence-electron chi connectivity index (χ0n) is 8.38. The van der Waals surface area contributed by atoms with Gasteiger partial charge in [0, 0.05) is 31.5 Å². The molecule has 14 heavy (non-hydrogen) atoms. The van der Waals surface area contributed by atoms with Crippen LogP contribution in [0.4, 0.5) is 0 Å². The highest BCUT2D eigenvalue weighted by atomic mass is 16.2. The molecule has 2 amide bonds. The number of piperidine rings is 1. The molecular weight excluding hydrogens is 182 g/mol. The van der Waals surface area contributed by atoms with Crippen molar-refractivity contribution in [2.24, 2.45) is 11.7 Å². The molecular formula is C9H17N3O2. The summed E-state index contributed by atoms with van der Waals surface area (Å²) in [4.78, 5) is 22.6. The van der Waals surface area contributed by atoms with Crippen molar-refractivity contribution < 1.29 is 9.59 Å². The Morgan fingerprint density at radius 3 is 3.07 bits per heavy atom. The van der Waals surface area contributed by atoms with Crippen LogP contribution in [0.2, 0.25) is 0 Å². The fourth-order valence-corrected chi connectivity index (χ4v) is 1.43. The second-order valence-corrected chi connectivity index (χ2v) is 3.69. The van der Waals surface area contributed by atoms with Gasteiger partial charge in [-0.05, 0) is 13.3 Å². The molecule has 1 heterocycles. The van der Waals surface area contributed by atoms with Gasteiger partial charge >= 0.3 is 0 Å². The molecule has 5 heteroatoms. The van der Waals surface area contributed by atoms with E-state index >= 15 is 0 Å². The first kappa shape index (κ1) is 11.0. The van der Waals surface area contributed by atoms with Gasteiger partial charge in [0.25, 0.3) is 0 Å². The monoisotopic (exact) mass is 199 g/mol. The smallest absolute Gasteiger partial charge is 0.223 e. The number of carbonyl (C=O) groups is 2. The lowest BCUT2D eigenvalue weighted by atomic mass is 9.96. The summed E-state index contributed by atoms with van der Waals surface area (Å²) in [5.41, 5.74) is 5.38. The Kier molecular flexibility index (Phi) is 3.88. The largest absolute Gasteiger partial charge is 0.356 e. The van der Waals surface area contributed by atoms with E-state index in [1.807, 2.05) is 6.92 Å². The van der Waals surface area contributed by atoms with Crippen LogP contribution in [0, 0.1) is 5.92 Å².